The molecular formula is C31H39NO2S. The van der Waals surface area contributed by atoms with Gasteiger partial charge in [-0.05, 0) is 94.3 Å². The van der Waals surface area contributed by atoms with Crippen LogP contribution in [-0.4, -0.2) is 37.4 Å². The van der Waals surface area contributed by atoms with Crippen molar-refractivity contribution in [3.8, 4) is 5.75 Å². The Bertz CT molecular complexity index is 1120. The Morgan fingerprint density at radius 2 is 1.69 bits per heavy atom. The van der Waals surface area contributed by atoms with Gasteiger partial charge in [0.05, 0.1) is 7.11 Å². The number of thiophene rings is 1. The minimum Gasteiger partial charge on any atom is -0.497 e. The monoisotopic (exact) mass is 489 g/mol. The fourth-order valence-electron chi connectivity index (χ4n) is 5.92. The summed E-state index contributed by atoms with van der Waals surface area (Å²) in [6.07, 6.45) is 13.9. The number of piperidine rings is 1. The van der Waals surface area contributed by atoms with Gasteiger partial charge in [-0.25, -0.2) is 0 Å². The van der Waals surface area contributed by atoms with Gasteiger partial charge in [-0.3, -0.25) is 4.79 Å². The zero-order valence-corrected chi connectivity index (χ0v) is 22.0. The number of ether oxygens (including phenoxy) is 1. The van der Waals surface area contributed by atoms with Gasteiger partial charge < -0.3 is 9.64 Å². The van der Waals surface area contributed by atoms with E-state index >= 15 is 0 Å². The maximum atomic E-state index is 13.9. The Labute approximate surface area is 214 Å². The quantitative estimate of drug-likeness (QED) is 0.225. The second-order valence-corrected chi connectivity index (χ2v) is 11.5. The Morgan fingerprint density at radius 3 is 2.43 bits per heavy atom. The van der Waals surface area contributed by atoms with Crippen molar-refractivity contribution >= 4 is 27.2 Å². The number of rotatable bonds is 9. The van der Waals surface area contributed by atoms with Crippen LogP contribution in [0.25, 0.3) is 10.1 Å². The van der Waals surface area contributed by atoms with Crippen LogP contribution in [0.4, 0.5) is 0 Å². The summed E-state index contributed by atoms with van der Waals surface area (Å²) in [6, 6.07) is 14.6. The molecule has 1 aliphatic carbocycles. The summed E-state index contributed by atoms with van der Waals surface area (Å²) in [5, 5.41) is 1.09. The van der Waals surface area contributed by atoms with E-state index in [1.807, 2.05) is 6.07 Å². The molecule has 186 valence electrons. The molecule has 1 saturated carbocycles. The van der Waals surface area contributed by atoms with E-state index in [0.29, 0.717) is 5.92 Å². The van der Waals surface area contributed by atoms with Gasteiger partial charge in [-0.15, -0.1) is 11.3 Å². The summed E-state index contributed by atoms with van der Waals surface area (Å²) < 4.78 is 6.63. The molecule has 1 aromatic heterocycles. The van der Waals surface area contributed by atoms with Crippen LogP contribution in [-0.2, 0) is 6.42 Å². The van der Waals surface area contributed by atoms with E-state index in [2.05, 4.69) is 41.3 Å². The first-order chi connectivity index (χ1) is 17.2. The summed E-state index contributed by atoms with van der Waals surface area (Å²) in [7, 11) is 1.71. The molecule has 0 atom stereocenters. The summed E-state index contributed by atoms with van der Waals surface area (Å²) in [4.78, 5) is 17.8. The molecule has 0 amide bonds. The van der Waals surface area contributed by atoms with Crippen LogP contribution in [0, 0.1) is 0 Å². The molecule has 3 aromatic rings. The maximum absolute atomic E-state index is 13.9. The molecule has 0 unspecified atom stereocenters. The van der Waals surface area contributed by atoms with Gasteiger partial charge in [-0.2, -0.15) is 0 Å². The van der Waals surface area contributed by atoms with Crippen LogP contribution in [0.3, 0.4) is 0 Å². The number of ketones is 1. The molecule has 35 heavy (non-hydrogen) atoms. The molecule has 2 aliphatic rings. The third-order valence-electron chi connectivity index (χ3n) is 7.98. The number of unbranched alkanes of at least 4 members (excludes halogenated alkanes) is 1. The summed E-state index contributed by atoms with van der Waals surface area (Å²) in [6.45, 7) is 3.80. The number of fused-ring (bicyclic) bond motifs is 1. The average Bonchev–Trinajstić information content (AvgIpc) is 3.31. The van der Waals surface area contributed by atoms with Gasteiger partial charge in [-0.1, -0.05) is 49.9 Å². The highest BCUT2D eigenvalue weighted by Gasteiger charge is 2.27. The molecule has 3 nitrogen and oxygen atoms in total. The molecular weight excluding hydrogens is 450 g/mol. The summed E-state index contributed by atoms with van der Waals surface area (Å²) in [5.74, 6) is 1.54. The molecule has 2 heterocycles. The van der Waals surface area contributed by atoms with Crippen LogP contribution in [0.1, 0.15) is 96.5 Å². The van der Waals surface area contributed by atoms with Gasteiger partial charge in [0.2, 0.25) is 0 Å². The van der Waals surface area contributed by atoms with Crippen molar-refractivity contribution in [3.63, 3.8) is 0 Å². The highest BCUT2D eigenvalue weighted by Crippen LogP contribution is 2.44. The number of hydrogen-bond donors (Lipinski definition) is 0. The number of methoxy groups -OCH3 is 1. The topological polar surface area (TPSA) is 29.5 Å². The van der Waals surface area contributed by atoms with Crippen LogP contribution in [0.5, 0.6) is 5.75 Å². The van der Waals surface area contributed by atoms with Crippen molar-refractivity contribution in [2.75, 3.05) is 26.7 Å². The summed E-state index contributed by atoms with van der Waals surface area (Å²) in [5.41, 5.74) is 3.09. The number of hydrogen-bond acceptors (Lipinski definition) is 4. The molecule has 0 N–H and O–H groups in total. The fourth-order valence-corrected chi connectivity index (χ4v) is 7.32. The summed E-state index contributed by atoms with van der Waals surface area (Å²) >= 11 is 1.81. The first-order valence-electron chi connectivity index (χ1n) is 13.7. The standard InChI is InChI=1S/C31H39NO2S/c1-34-26-17-18-27-28(22-26)35-31(25-11-4-2-5-12-25)29(27)30(33)24-15-13-23(14-16-24)10-6-9-21-32-19-7-3-8-20-32/h13-18,22,25H,2-12,19-21H2,1H3. The molecule has 2 aromatic carbocycles. The number of carbonyl (C=O) groups excluding carboxylic acids is 1. The molecule has 0 radical (unpaired) electrons. The van der Waals surface area contributed by atoms with Crippen molar-refractivity contribution in [3.05, 3.63) is 64.0 Å². The van der Waals surface area contributed by atoms with Gasteiger partial charge in [0.15, 0.2) is 5.78 Å². The lowest BCUT2D eigenvalue weighted by Gasteiger charge is -2.26. The SMILES string of the molecule is COc1ccc2c(C(=O)c3ccc(CCCCN4CCCCC4)cc3)c(C3CCCCC3)sc2c1. The number of carbonyl (C=O) groups is 1. The maximum Gasteiger partial charge on any atom is 0.194 e. The number of benzene rings is 2. The van der Waals surface area contributed by atoms with E-state index in [9.17, 15) is 4.79 Å². The Kier molecular flexibility index (Phi) is 8.20. The first kappa shape index (κ1) is 24.5. The normalized spacial score (nSPS) is 17.6. The molecule has 4 heteroatoms. The molecule has 0 bridgehead atoms. The largest absolute Gasteiger partial charge is 0.497 e. The van der Waals surface area contributed by atoms with E-state index in [-0.39, 0.29) is 5.78 Å². The third-order valence-corrected chi connectivity index (χ3v) is 9.30. The zero-order chi connectivity index (χ0) is 24.0. The van der Waals surface area contributed by atoms with E-state index in [0.717, 1.165) is 28.7 Å². The lowest BCUT2D eigenvalue weighted by molar-refractivity contribution is 0.103. The Morgan fingerprint density at radius 1 is 0.943 bits per heavy atom. The van der Waals surface area contributed by atoms with E-state index in [1.165, 1.54) is 99.0 Å². The zero-order valence-electron chi connectivity index (χ0n) is 21.2. The number of aryl methyl sites for hydroxylation is 1. The van der Waals surface area contributed by atoms with E-state index in [4.69, 9.17) is 4.74 Å². The minimum absolute atomic E-state index is 0.179. The van der Waals surface area contributed by atoms with Crippen molar-refractivity contribution in [2.24, 2.45) is 0 Å². The fraction of sp³-hybridized carbons (Fsp3) is 0.516. The van der Waals surface area contributed by atoms with Gasteiger partial charge in [0.25, 0.3) is 0 Å². The van der Waals surface area contributed by atoms with Crippen molar-refractivity contribution in [1.82, 2.24) is 4.90 Å². The van der Waals surface area contributed by atoms with E-state index in [1.54, 1.807) is 18.4 Å². The van der Waals surface area contributed by atoms with Gasteiger partial charge in [0.1, 0.15) is 5.75 Å². The van der Waals surface area contributed by atoms with Crippen molar-refractivity contribution < 1.29 is 9.53 Å². The molecule has 2 fully saturated rings. The predicted octanol–water partition coefficient (Wildman–Crippen LogP) is 8.00. The van der Waals surface area contributed by atoms with Crippen molar-refractivity contribution in [1.29, 1.82) is 0 Å². The van der Waals surface area contributed by atoms with Crippen LogP contribution in [0.2, 0.25) is 0 Å². The predicted molar refractivity (Wildman–Crippen MR) is 147 cm³/mol. The second-order valence-electron chi connectivity index (χ2n) is 10.4. The van der Waals surface area contributed by atoms with Gasteiger partial charge in [0, 0.05) is 26.1 Å². The second kappa shape index (κ2) is 11.7. The number of likely N-dealkylation sites (tertiary alicyclic amines) is 1. The van der Waals surface area contributed by atoms with Crippen LogP contribution < -0.4 is 4.74 Å². The van der Waals surface area contributed by atoms with Crippen LogP contribution in [0.15, 0.2) is 42.5 Å². The molecule has 0 spiro atoms. The first-order valence-corrected chi connectivity index (χ1v) is 14.5. The third kappa shape index (κ3) is 5.81. The average molecular weight is 490 g/mol. The minimum atomic E-state index is 0.179. The van der Waals surface area contributed by atoms with E-state index < -0.39 is 0 Å². The molecule has 1 saturated heterocycles. The highest BCUT2D eigenvalue weighted by atomic mass is 32.1. The van der Waals surface area contributed by atoms with Crippen LogP contribution >= 0.6 is 11.3 Å². The highest BCUT2D eigenvalue weighted by molar-refractivity contribution is 7.19. The Balaban J connectivity index is 1.30. The molecule has 1 aliphatic heterocycles. The lowest BCUT2D eigenvalue weighted by Crippen LogP contribution is -2.30. The lowest BCUT2D eigenvalue weighted by atomic mass is 9.85. The smallest absolute Gasteiger partial charge is 0.194 e. The van der Waals surface area contributed by atoms with Crippen molar-refractivity contribution in [2.45, 2.75) is 76.5 Å². The van der Waals surface area contributed by atoms with Gasteiger partial charge >= 0.3 is 0 Å². The molecule has 5 rings (SSSR count). The number of nitrogens with zero attached hydrogens (tertiary/aromatic N) is 1. The Hall–Kier alpha value is -2.17.